The maximum Gasteiger partial charge on any atom is 0.433 e. The minimum Gasteiger partial charge on any atom is -0.342 e. The largest absolute Gasteiger partial charge is 0.433 e. The van der Waals surface area contributed by atoms with Gasteiger partial charge in [0.2, 0.25) is 5.91 Å². The number of aromatic nitrogens is 3. The van der Waals surface area contributed by atoms with Crippen LogP contribution in [0.3, 0.4) is 0 Å². The molecule has 0 spiro atoms. The monoisotopic (exact) mass is 380 g/mol. The minimum absolute atomic E-state index is 0.0235. The molecule has 1 saturated carbocycles. The van der Waals surface area contributed by atoms with Crippen molar-refractivity contribution in [2.24, 2.45) is 5.92 Å². The van der Waals surface area contributed by atoms with E-state index >= 15 is 0 Å². The zero-order chi connectivity index (χ0) is 19.3. The second kappa shape index (κ2) is 6.49. The second-order valence-corrected chi connectivity index (χ2v) is 7.89. The highest BCUT2D eigenvalue weighted by molar-refractivity contribution is 5.82. The number of fused-ring (bicyclic) bond motifs is 1. The van der Waals surface area contributed by atoms with E-state index in [1.807, 2.05) is 18.7 Å². The molecule has 0 atom stereocenters. The molecule has 0 unspecified atom stereocenters. The first-order valence-electron chi connectivity index (χ1n) is 9.50. The standard InChI is InChI=1S/C19H23F3N4O/c1-11(2)26-17-15(10-23-26)14(9-16(24-17)19(20,21)22)12-5-7-25(8-6-12)18(27)13-3-4-13/h9-13H,3-8H2,1-2H3. The fraction of sp³-hybridized carbons (Fsp3) is 0.632. The number of pyridine rings is 1. The number of hydrogen-bond donors (Lipinski definition) is 0. The van der Waals surface area contributed by atoms with Crippen LogP contribution in [0.4, 0.5) is 13.2 Å². The van der Waals surface area contributed by atoms with Crippen molar-refractivity contribution in [1.82, 2.24) is 19.7 Å². The van der Waals surface area contributed by atoms with Crippen molar-refractivity contribution >= 4 is 16.9 Å². The van der Waals surface area contributed by atoms with Gasteiger partial charge in [0.25, 0.3) is 0 Å². The lowest BCUT2D eigenvalue weighted by Crippen LogP contribution is -2.38. The molecule has 27 heavy (non-hydrogen) atoms. The molecule has 8 heteroatoms. The van der Waals surface area contributed by atoms with Crippen LogP contribution >= 0.6 is 0 Å². The number of piperidine rings is 1. The van der Waals surface area contributed by atoms with E-state index in [9.17, 15) is 18.0 Å². The first kappa shape index (κ1) is 18.3. The van der Waals surface area contributed by atoms with Crippen LogP contribution in [0.1, 0.15) is 62.7 Å². The highest BCUT2D eigenvalue weighted by Crippen LogP contribution is 2.39. The van der Waals surface area contributed by atoms with E-state index in [-0.39, 0.29) is 29.4 Å². The molecule has 146 valence electrons. The summed E-state index contributed by atoms with van der Waals surface area (Å²) in [6, 6.07) is 1.10. The Kier molecular flexibility index (Phi) is 4.39. The lowest BCUT2D eigenvalue weighted by atomic mass is 9.87. The lowest BCUT2D eigenvalue weighted by molar-refractivity contribution is -0.141. The number of likely N-dealkylation sites (tertiary alicyclic amines) is 1. The normalized spacial score (nSPS) is 19.3. The van der Waals surface area contributed by atoms with Gasteiger partial charge >= 0.3 is 6.18 Å². The molecule has 0 bridgehead atoms. The summed E-state index contributed by atoms with van der Waals surface area (Å²) in [4.78, 5) is 18.0. The third-order valence-electron chi connectivity index (χ3n) is 5.55. The van der Waals surface area contributed by atoms with Gasteiger partial charge in [-0.25, -0.2) is 9.67 Å². The van der Waals surface area contributed by atoms with Crippen LogP contribution in [-0.4, -0.2) is 38.7 Å². The molecule has 5 nitrogen and oxygen atoms in total. The zero-order valence-electron chi connectivity index (χ0n) is 15.5. The smallest absolute Gasteiger partial charge is 0.342 e. The number of hydrogen-bond acceptors (Lipinski definition) is 3. The summed E-state index contributed by atoms with van der Waals surface area (Å²) in [5, 5.41) is 4.95. The van der Waals surface area contributed by atoms with Crippen LogP contribution in [0.2, 0.25) is 0 Å². The summed E-state index contributed by atoms with van der Waals surface area (Å²) in [7, 11) is 0. The van der Waals surface area contributed by atoms with Crippen molar-refractivity contribution in [2.75, 3.05) is 13.1 Å². The Balaban J connectivity index is 1.67. The van der Waals surface area contributed by atoms with Crippen molar-refractivity contribution in [3.8, 4) is 0 Å². The molecule has 1 saturated heterocycles. The summed E-state index contributed by atoms with van der Waals surface area (Å²) < 4.78 is 41.8. The van der Waals surface area contributed by atoms with Crippen LogP contribution in [-0.2, 0) is 11.0 Å². The molecule has 0 aromatic carbocycles. The van der Waals surface area contributed by atoms with E-state index in [1.165, 1.54) is 6.07 Å². The summed E-state index contributed by atoms with van der Waals surface area (Å²) in [5.74, 6) is 0.358. The van der Waals surface area contributed by atoms with E-state index in [1.54, 1.807) is 10.9 Å². The Morgan fingerprint density at radius 2 is 1.85 bits per heavy atom. The van der Waals surface area contributed by atoms with Gasteiger partial charge in [0.15, 0.2) is 5.65 Å². The fourth-order valence-corrected chi connectivity index (χ4v) is 3.90. The Morgan fingerprint density at radius 1 is 1.19 bits per heavy atom. The van der Waals surface area contributed by atoms with Crippen LogP contribution in [0.5, 0.6) is 0 Å². The summed E-state index contributed by atoms with van der Waals surface area (Å²) in [6.45, 7) is 4.94. The molecule has 2 aromatic rings. The van der Waals surface area contributed by atoms with Gasteiger partial charge in [0.05, 0.1) is 6.20 Å². The fourth-order valence-electron chi connectivity index (χ4n) is 3.90. The number of carbonyl (C=O) groups excluding carboxylic acids is 1. The molecule has 0 radical (unpaired) electrons. The first-order chi connectivity index (χ1) is 12.8. The van der Waals surface area contributed by atoms with Gasteiger partial charge in [-0.3, -0.25) is 4.79 Å². The minimum atomic E-state index is -4.50. The van der Waals surface area contributed by atoms with Crippen molar-refractivity contribution in [1.29, 1.82) is 0 Å². The van der Waals surface area contributed by atoms with E-state index < -0.39 is 11.9 Å². The van der Waals surface area contributed by atoms with Crippen LogP contribution in [0.25, 0.3) is 11.0 Å². The van der Waals surface area contributed by atoms with Crippen LogP contribution in [0.15, 0.2) is 12.3 Å². The average molecular weight is 380 g/mol. The molecule has 0 N–H and O–H groups in total. The van der Waals surface area contributed by atoms with Gasteiger partial charge < -0.3 is 4.90 Å². The number of nitrogens with zero attached hydrogens (tertiary/aromatic N) is 4. The molecule has 2 fully saturated rings. The summed E-state index contributed by atoms with van der Waals surface area (Å²) >= 11 is 0. The lowest BCUT2D eigenvalue weighted by Gasteiger charge is -2.32. The van der Waals surface area contributed by atoms with Crippen molar-refractivity contribution in [3.05, 3.63) is 23.5 Å². The molecule has 3 heterocycles. The maximum absolute atomic E-state index is 13.4. The highest BCUT2D eigenvalue weighted by Gasteiger charge is 2.37. The predicted octanol–water partition coefficient (Wildman–Crippen LogP) is 4.15. The third kappa shape index (κ3) is 3.41. The first-order valence-corrected chi connectivity index (χ1v) is 9.50. The second-order valence-electron chi connectivity index (χ2n) is 7.89. The summed E-state index contributed by atoms with van der Waals surface area (Å²) in [5.41, 5.74) is 0.0629. The van der Waals surface area contributed by atoms with Gasteiger partial charge in [0, 0.05) is 30.4 Å². The molecule has 1 amide bonds. The van der Waals surface area contributed by atoms with Gasteiger partial charge in [-0.1, -0.05) is 0 Å². The number of amides is 1. The van der Waals surface area contributed by atoms with Gasteiger partial charge in [-0.15, -0.1) is 0 Å². The van der Waals surface area contributed by atoms with Crippen LogP contribution < -0.4 is 0 Å². The van der Waals surface area contributed by atoms with Crippen molar-refractivity contribution in [2.45, 2.75) is 57.7 Å². The quantitative estimate of drug-likeness (QED) is 0.804. The van der Waals surface area contributed by atoms with Gasteiger partial charge in [0.1, 0.15) is 5.69 Å². The van der Waals surface area contributed by atoms with E-state index in [4.69, 9.17) is 0 Å². The van der Waals surface area contributed by atoms with E-state index in [2.05, 4.69) is 10.1 Å². The Bertz CT molecular complexity index is 862. The average Bonchev–Trinajstić information content (AvgIpc) is 3.38. The molecule has 1 aliphatic carbocycles. The van der Waals surface area contributed by atoms with Crippen molar-refractivity contribution in [3.63, 3.8) is 0 Å². The molecule has 4 rings (SSSR count). The Hall–Kier alpha value is -2.12. The maximum atomic E-state index is 13.4. The Labute approximate surface area is 155 Å². The topological polar surface area (TPSA) is 51.0 Å². The van der Waals surface area contributed by atoms with Gasteiger partial charge in [-0.05, 0) is 57.1 Å². The summed E-state index contributed by atoms with van der Waals surface area (Å²) in [6.07, 6.45) is 0.390. The molecule has 1 aliphatic heterocycles. The SMILES string of the molecule is CC(C)n1ncc2c(C3CCN(C(=O)C4CC4)CC3)cc(C(F)(F)F)nc21. The van der Waals surface area contributed by atoms with E-state index in [0.717, 1.165) is 12.8 Å². The molecular formula is C19H23F3N4O. The third-order valence-corrected chi connectivity index (χ3v) is 5.55. The molecule has 2 aromatic heterocycles. The molecule has 2 aliphatic rings. The van der Waals surface area contributed by atoms with Gasteiger partial charge in [-0.2, -0.15) is 18.3 Å². The number of halogens is 3. The van der Waals surface area contributed by atoms with E-state index in [0.29, 0.717) is 36.9 Å². The zero-order valence-corrected chi connectivity index (χ0v) is 15.5. The number of alkyl halides is 3. The highest BCUT2D eigenvalue weighted by atomic mass is 19.4. The molecular weight excluding hydrogens is 357 g/mol. The van der Waals surface area contributed by atoms with Crippen LogP contribution in [0, 0.1) is 5.92 Å². The van der Waals surface area contributed by atoms with Crippen molar-refractivity contribution < 1.29 is 18.0 Å². The Morgan fingerprint density at radius 3 is 2.41 bits per heavy atom. The predicted molar refractivity (Wildman–Crippen MR) is 94.2 cm³/mol. The number of rotatable bonds is 3. The number of carbonyl (C=O) groups is 1.